The van der Waals surface area contributed by atoms with Gasteiger partial charge >= 0.3 is 0 Å². The molecule has 1 N–H and O–H groups in total. The van der Waals surface area contributed by atoms with Crippen LogP contribution in [0.15, 0.2) is 42.0 Å². The normalized spacial score (nSPS) is 17.7. The molecule has 0 spiro atoms. The van der Waals surface area contributed by atoms with Crippen molar-refractivity contribution in [2.75, 3.05) is 6.61 Å². The fourth-order valence-corrected chi connectivity index (χ4v) is 3.02. The highest BCUT2D eigenvalue weighted by molar-refractivity contribution is 6.15. The van der Waals surface area contributed by atoms with Gasteiger partial charge in [0.15, 0.2) is 5.78 Å². The quantitative estimate of drug-likeness (QED) is 0.815. The van der Waals surface area contributed by atoms with Gasteiger partial charge in [0.1, 0.15) is 11.5 Å². The van der Waals surface area contributed by atoms with Crippen LogP contribution in [0.2, 0.25) is 0 Å². The Balaban J connectivity index is 1.70. The van der Waals surface area contributed by atoms with E-state index in [4.69, 9.17) is 4.74 Å². The van der Waals surface area contributed by atoms with Crippen LogP contribution in [0.4, 0.5) is 0 Å². The third kappa shape index (κ3) is 2.02. The topological polar surface area (TPSA) is 46.5 Å². The fraction of sp³-hybridized carbons (Fsp3) is 0.167. The van der Waals surface area contributed by atoms with Crippen molar-refractivity contribution in [1.29, 1.82) is 0 Å². The minimum Gasteiger partial charge on any atom is -0.508 e. The molecule has 104 valence electrons. The van der Waals surface area contributed by atoms with E-state index in [1.54, 1.807) is 18.2 Å². The zero-order valence-electron chi connectivity index (χ0n) is 11.4. The Kier molecular flexibility index (Phi) is 2.61. The highest BCUT2D eigenvalue weighted by Crippen LogP contribution is 2.32. The molecule has 1 aliphatic heterocycles. The molecule has 0 atom stereocenters. The van der Waals surface area contributed by atoms with Crippen LogP contribution in [0, 0.1) is 0 Å². The summed E-state index contributed by atoms with van der Waals surface area (Å²) in [6, 6.07) is 11.0. The number of ether oxygens (including phenoxy) is 1. The summed E-state index contributed by atoms with van der Waals surface area (Å²) < 4.78 is 5.49. The first-order chi connectivity index (χ1) is 10.2. The molecule has 0 fully saturated rings. The first kappa shape index (κ1) is 12.2. The maximum Gasteiger partial charge on any atom is 0.189 e. The van der Waals surface area contributed by atoms with Gasteiger partial charge in [-0.2, -0.15) is 0 Å². The van der Waals surface area contributed by atoms with Gasteiger partial charge < -0.3 is 9.84 Å². The maximum atomic E-state index is 12.4. The van der Waals surface area contributed by atoms with Crippen LogP contribution in [-0.2, 0) is 12.8 Å². The Morgan fingerprint density at radius 3 is 2.90 bits per heavy atom. The van der Waals surface area contributed by atoms with Crippen molar-refractivity contribution in [1.82, 2.24) is 0 Å². The lowest BCUT2D eigenvalue weighted by atomic mass is 10.0. The first-order valence-electron chi connectivity index (χ1n) is 7.03. The Hall–Kier alpha value is -2.55. The highest BCUT2D eigenvalue weighted by Gasteiger charge is 2.25. The fourth-order valence-electron chi connectivity index (χ4n) is 3.02. The number of carbonyl (C=O) groups is 1. The number of carbonyl (C=O) groups excluding carboxylic acids is 1. The lowest BCUT2D eigenvalue weighted by Crippen LogP contribution is -1.95. The number of aromatic hydroxyl groups is 1. The summed E-state index contributed by atoms with van der Waals surface area (Å²) in [6.07, 6.45) is 3.45. The van der Waals surface area contributed by atoms with Gasteiger partial charge in [0, 0.05) is 24.0 Å². The first-order valence-corrected chi connectivity index (χ1v) is 7.03. The number of rotatable bonds is 1. The van der Waals surface area contributed by atoms with E-state index in [0.717, 1.165) is 35.5 Å². The molecule has 0 radical (unpaired) electrons. The number of fused-ring (bicyclic) bond motifs is 2. The Morgan fingerprint density at radius 2 is 2.00 bits per heavy atom. The standard InChI is InChI=1S/C18H14O3/c19-15-2-3-16-13(10-15)9-14(18(16)20)8-11-1-4-17-12(7-11)5-6-21-17/h1-4,7-8,10,19H,5-6,9H2/b14-8+. The van der Waals surface area contributed by atoms with Gasteiger partial charge in [0.2, 0.25) is 0 Å². The zero-order valence-corrected chi connectivity index (χ0v) is 11.4. The predicted molar refractivity (Wildman–Crippen MR) is 79.8 cm³/mol. The summed E-state index contributed by atoms with van der Waals surface area (Å²) >= 11 is 0. The number of allylic oxidation sites excluding steroid dienone is 1. The monoisotopic (exact) mass is 278 g/mol. The molecule has 0 saturated heterocycles. The molecule has 0 aromatic heterocycles. The van der Waals surface area contributed by atoms with Crippen LogP contribution < -0.4 is 4.74 Å². The molecule has 4 rings (SSSR count). The Morgan fingerprint density at radius 1 is 1.10 bits per heavy atom. The number of Topliss-reactive ketones (excluding diaryl/α,β-unsaturated/α-hetero) is 1. The molecule has 0 unspecified atom stereocenters. The van der Waals surface area contributed by atoms with Crippen molar-refractivity contribution in [3.63, 3.8) is 0 Å². The molecular weight excluding hydrogens is 264 g/mol. The largest absolute Gasteiger partial charge is 0.508 e. The zero-order chi connectivity index (χ0) is 14.4. The number of hydrogen-bond donors (Lipinski definition) is 1. The van der Waals surface area contributed by atoms with Gasteiger partial charge in [-0.1, -0.05) is 6.07 Å². The molecule has 3 heteroatoms. The van der Waals surface area contributed by atoms with Crippen molar-refractivity contribution >= 4 is 11.9 Å². The maximum absolute atomic E-state index is 12.4. The number of phenols is 1. The SMILES string of the molecule is O=C1/C(=C/c2ccc3c(c2)CCO3)Cc2cc(O)ccc21. The average Bonchev–Trinajstić information content (AvgIpc) is 3.04. The van der Waals surface area contributed by atoms with Crippen LogP contribution in [0.5, 0.6) is 11.5 Å². The summed E-state index contributed by atoms with van der Waals surface area (Å²) in [5.41, 5.74) is 4.60. The van der Waals surface area contributed by atoms with Crippen LogP contribution >= 0.6 is 0 Å². The van der Waals surface area contributed by atoms with E-state index < -0.39 is 0 Å². The minimum absolute atomic E-state index is 0.0572. The van der Waals surface area contributed by atoms with Crippen molar-refractivity contribution in [3.8, 4) is 11.5 Å². The molecule has 1 heterocycles. The van der Waals surface area contributed by atoms with Gasteiger partial charge in [-0.05, 0) is 53.1 Å². The lowest BCUT2D eigenvalue weighted by molar-refractivity contribution is 0.104. The second-order valence-corrected chi connectivity index (χ2v) is 5.48. The average molecular weight is 278 g/mol. The molecule has 0 bridgehead atoms. The molecule has 2 aliphatic rings. The number of hydrogen-bond acceptors (Lipinski definition) is 3. The molecule has 21 heavy (non-hydrogen) atoms. The van der Waals surface area contributed by atoms with E-state index in [-0.39, 0.29) is 11.5 Å². The molecule has 2 aromatic carbocycles. The number of benzene rings is 2. The second-order valence-electron chi connectivity index (χ2n) is 5.48. The van der Waals surface area contributed by atoms with Crippen molar-refractivity contribution < 1.29 is 14.6 Å². The van der Waals surface area contributed by atoms with Crippen LogP contribution in [0.25, 0.3) is 6.08 Å². The van der Waals surface area contributed by atoms with Crippen molar-refractivity contribution in [3.05, 3.63) is 64.2 Å². The van der Waals surface area contributed by atoms with Gasteiger partial charge in [-0.15, -0.1) is 0 Å². The van der Waals surface area contributed by atoms with Crippen LogP contribution in [0.1, 0.15) is 27.0 Å². The van der Waals surface area contributed by atoms with Gasteiger partial charge in [0.25, 0.3) is 0 Å². The van der Waals surface area contributed by atoms with Crippen LogP contribution in [0.3, 0.4) is 0 Å². The summed E-state index contributed by atoms with van der Waals surface area (Å²) in [7, 11) is 0. The van der Waals surface area contributed by atoms with Gasteiger partial charge in [-0.25, -0.2) is 0 Å². The summed E-state index contributed by atoms with van der Waals surface area (Å²) in [5.74, 6) is 1.21. The highest BCUT2D eigenvalue weighted by atomic mass is 16.5. The minimum atomic E-state index is 0.0572. The molecule has 0 saturated carbocycles. The van der Waals surface area contributed by atoms with Gasteiger partial charge in [0.05, 0.1) is 6.61 Å². The lowest BCUT2D eigenvalue weighted by Gasteiger charge is -2.01. The van der Waals surface area contributed by atoms with E-state index in [0.29, 0.717) is 12.0 Å². The summed E-state index contributed by atoms with van der Waals surface area (Å²) in [6.45, 7) is 0.735. The molecule has 0 amide bonds. The third-order valence-electron chi connectivity index (χ3n) is 4.06. The smallest absolute Gasteiger partial charge is 0.189 e. The molecule has 1 aliphatic carbocycles. The summed E-state index contributed by atoms with van der Waals surface area (Å²) in [5, 5.41) is 9.52. The van der Waals surface area contributed by atoms with Crippen LogP contribution in [-0.4, -0.2) is 17.5 Å². The Bertz CT molecular complexity index is 787. The summed E-state index contributed by atoms with van der Waals surface area (Å²) in [4.78, 5) is 12.4. The number of phenolic OH excluding ortho intramolecular Hbond substituents is 1. The molecule has 2 aromatic rings. The molecule has 3 nitrogen and oxygen atoms in total. The number of ketones is 1. The van der Waals surface area contributed by atoms with E-state index in [9.17, 15) is 9.90 Å². The van der Waals surface area contributed by atoms with Crippen molar-refractivity contribution in [2.45, 2.75) is 12.8 Å². The van der Waals surface area contributed by atoms with E-state index in [1.165, 1.54) is 5.56 Å². The third-order valence-corrected chi connectivity index (χ3v) is 4.06. The van der Waals surface area contributed by atoms with E-state index in [2.05, 4.69) is 6.07 Å². The Labute approximate surface area is 122 Å². The van der Waals surface area contributed by atoms with E-state index in [1.807, 2.05) is 18.2 Å². The van der Waals surface area contributed by atoms with Crippen molar-refractivity contribution in [2.24, 2.45) is 0 Å². The molecular formula is C18H14O3. The predicted octanol–water partition coefficient (Wildman–Crippen LogP) is 3.15. The van der Waals surface area contributed by atoms with E-state index >= 15 is 0 Å². The second kappa shape index (κ2) is 4.48. The van der Waals surface area contributed by atoms with Gasteiger partial charge in [-0.3, -0.25) is 4.79 Å².